The molecule has 14 heavy (non-hydrogen) atoms. The highest BCUT2D eigenvalue weighted by Crippen LogP contribution is 2.35. The molecule has 0 radical (unpaired) electrons. The van der Waals surface area contributed by atoms with Crippen molar-refractivity contribution in [1.82, 2.24) is 0 Å². The Hall–Kier alpha value is -0.0800. The van der Waals surface area contributed by atoms with Gasteiger partial charge in [-0.25, -0.2) is 0 Å². The van der Waals surface area contributed by atoms with E-state index < -0.39 is 0 Å². The van der Waals surface area contributed by atoms with E-state index >= 15 is 0 Å². The van der Waals surface area contributed by atoms with Crippen molar-refractivity contribution < 1.29 is 9.47 Å². The Morgan fingerprint density at radius 3 is 2.14 bits per heavy atom. The molecule has 1 rings (SSSR count). The fraction of sp³-hybridized carbons (Fsp3) is 1.00. The first kappa shape index (κ1) is 12.0. The molecule has 1 heterocycles. The van der Waals surface area contributed by atoms with Gasteiger partial charge in [0.2, 0.25) is 0 Å². The summed E-state index contributed by atoms with van der Waals surface area (Å²) in [5.74, 6) is -0.280. The molecule has 84 valence electrons. The molecule has 0 unspecified atom stereocenters. The third-order valence-corrected chi connectivity index (χ3v) is 3.21. The molecule has 1 aliphatic heterocycles. The van der Waals surface area contributed by atoms with Crippen LogP contribution in [0.15, 0.2) is 0 Å². The minimum atomic E-state index is -0.280. The van der Waals surface area contributed by atoms with E-state index in [-0.39, 0.29) is 11.9 Å². The number of rotatable bonds is 5. The fourth-order valence-corrected chi connectivity index (χ4v) is 2.10. The van der Waals surface area contributed by atoms with E-state index in [4.69, 9.17) is 9.47 Å². The van der Waals surface area contributed by atoms with Crippen LogP contribution in [0.2, 0.25) is 0 Å². The minimum Gasteiger partial charge on any atom is -0.344 e. The first-order chi connectivity index (χ1) is 6.67. The van der Waals surface area contributed by atoms with E-state index in [1.165, 1.54) is 12.8 Å². The van der Waals surface area contributed by atoms with Crippen molar-refractivity contribution in [3.05, 3.63) is 0 Å². The van der Waals surface area contributed by atoms with Crippen molar-refractivity contribution in [2.24, 2.45) is 0 Å². The maximum atomic E-state index is 6.04. The molecule has 0 aromatic carbocycles. The van der Waals surface area contributed by atoms with Gasteiger partial charge >= 0.3 is 0 Å². The van der Waals surface area contributed by atoms with Crippen LogP contribution >= 0.6 is 0 Å². The van der Waals surface area contributed by atoms with Crippen molar-refractivity contribution in [1.29, 1.82) is 0 Å². The average Bonchev–Trinajstić information content (AvgIpc) is 2.53. The summed E-state index contributed by atoms with van der Waals surface area (Å²) in [4.78, 5) is 0. The van der Waals surface area contributed by atoms with Gasteiger partial charge in [0.15, 0.2) is 5.79 Å². The van der Waals surface area contributed by atoms with Crippen LogP contribution in [0.4, 0.5) is 0 Å². The van der Waals surface area contributed by atoms with Gasteiger partial charge < -0.3 is 9.47 Å². The van der Waals surface area contributed by atoms with Gasteiger partial charge in [0.05, 0.1) is 12.2 Å². The molecule has 0 aromatic rings. The van der Waals surface area contributed by atoms with Crippen molar-refractivity contribution >= 4 is 0 Å². The summed E-state index contributed by atoms with van der Waals surface area (Å²) >= 11 is 0. The van der Waals surface area contributed by atoms with Crippen molar-refractivity contribution in [2.75, 3.05) is 0 Å². The van der Waals surface area contributed by atoms with Gasteiger partial charge in [-0.2, -0.15) is 0 Å². The summed E-state index contributed by atoms with van der Waals surface area (Å²) in [7, 11) is 0. The molecule has 0 spiro atoms. The van der Waals surface area contributed by atoms with Crippen LogP contribution in [-0.2, 0) is 9.47 Å². The van der Waals surface area contributed by atoms with E-state index in [1.54, 1.807) is 0 Å². The third kappa shape index (κ3) is 2.48. The summed E-state index contributed by atoms with van der Waals surface area (Å²) in [5, 5.41) is 0. The second kappa shape index (κ2) is 5.13. The molecular formula is C12H24O2. The maximum absolute atomic E-state index is 6.04. The molecule has 2 nitrogen and oxygen atoms in total. The van der Waals surface area contributed by atoms with E-state index in [0.717, 1.165) is 19.3 Å². The third-order valence-electron chi connectivity index (χ3n) is 3.21. The summed E-state index contributed by atoms with van der Waals surface area (Å²) in [5.41, 5.74) is 0. The first-order valence-electron chi connectivity index (χ1n) is 6.03. The molecule has 0 aromatic heterocycles. The Bertz CT molecular complexity index is 164. The zero-order valence-corrected chi connectivity index (χ0v) is 10.0. The molecule has 0 saturated carbocycles. The highest BCUT2D eigenvalue weighted by molar-refractivity contribution is 4.82. The lowest BCUT2D eigenvalue weighted by atomic mass is 10.1. The summed E-state index contributed by atoms with van der Waals surface area (Å²) < 4.78 is 12.0. The predicted octanol–water partition coefficient (Wildman–Crippen LogP) is 3.50. The SMILES string of the molecule is CCCC[C@H]1OC(CC)(CC)O[C@H]1C. The molecule has 0 bridgehead atoms. The van der Waals surface area contributed by atoms with Crippen LogP contribution in [0.3, 0.4) is 0 Å². The minimum absolute atomic E-state index is 0.265. The Morgan fingerprint density at radius 2 is 1.71 bits per heavy atom. The van der Waals surface area contributed by atoms with Gasteiger partial charge in [-0.15, -0.1) is 0 Å². The van der Waals surface area contributed by atoms with Crippen LogP contribution in [-0.4, -0.2) is 18.0 Å². The second-order valence-electron chi connectivity index (χ2n) is 4.24. The van der Waals surface area contributed by atoms with Crippen molar-refractivity contribution in [3.63, 3.8) is 0 Å². The molecule has 0 aliphatic carbocycles. The zero-order chi connectivity index (χ0) is 10.6. The van der Waals surface area contributed by atoms with Gasteiger partial charge in [0.25, 0.3) is 0 Å². The standard InChI is InChI=1S/C12H24O2/c1-5-8-9-11-10(4)13-12(6-2,7-3)14-11/h10-11H,5-9H2,1-4H3/t10-,11+/m0/s1. The largest absolute Gasteiger partial charge is 0.344 e. The van der Waals surface area contributed by atoms with Crippen LogP contribution in [0.5, 0.6) is 0 Å². The van der Waals surface area contributed by atoms with E-state index in [9.17, 15) is 0 Å². The average molecular weight is 200 g/mol. The lowest BCUT2D eigenvalue weighted by Gasteiger charge is -2.25. The van der Waals surface area contributed by atoms with E-state index in [0.29, 0.717) is 6.10 Å². The highest BCUT2D eigenvalue weighted by atomic mass is 16.8. The molecule has 0 amide bonds. The van der Waals surface area contributed by atoms with Gasteiger partial charge in [-0.3, -0.25) is 0 Å². The summed E-state index contributed by atoms with van der Waals surface area (Å²) in [6.45, 7) is 8.62. The van der Waals surface area contributed by atoms with Crippen LogP contribution in [0.1, 0.15) is 59.8 Å². The van der Waals surface area contributed by atoms with E-state index in [1.807, 2.05) is 0 Å². The van der Waals surface area contributed by atoms with Gasteiger partial charge in [-0.1, -0.05) is 33.6 Å². The second-order valence-corrected chi connectivity index (χ2v) is 4.24. The molecule has 2 heteroatoms. The number of hydrogen-bond donors (Lipinski definition) is 0. The molecule has 1 aliphatic rings. The lowest BCUT2D eigenvalue weighted by molar-refractivity contribution is -0.178. The Morgan fingerprint density at radius 1 is 1.07 bits per heavy atom. The van der Waals surface area contributed by atoms with Gasteiger partial charge in [0.1, 0.15) is 0 Å². The van der Waals surface area contributed by atoms with Crippen LogP contribution < -0.4 is 0 Å². The smallest absolute Gasteiger partial charge is 0.168 e. The molecule has 2 atom stereocenters. The molecule has 0 N–H and O–H groups in total. The fourth-order valence-electron chi connectivity index (χ4n) is 2.10. The van der Waals surface area contributed by atoms with Crippen LogP contribution in [0.25, 0.3) is 0 Å². The Kier molecular flexibility index (Phi) is 4.39. The van der Waals surface area contributed by atoms with Gasteiger partial charge in [0, 0.05) is 0 Å². The topological polar surface area (TPSA) is 18.5 Å². The van der Waals surface area contributed by atoms with Crippen molar-refractivity contribution in [2.45, 2.75) is 77.8 Å². The zero-order valence-electron chi connectivity index (χ0n) is 10.0. The van der Waals surface area contributed by atoms with Crippen LogP contribution in [0, 0.1) is 0 Å². The number of ether oxygens (including phenoxy) is 2. The number of hydrogen-bond acceptors (Lipinski definition) is 2. The number of unbranched alkanes of at least 4 members (excludes halogenated alkanes) is 1. The monoisotopic (exact) mass is 200 g/mol. The quantitative estimate of drug-likeness (QED) is 0.676. The summed E-state index contributed by atoms with van der Waals surface area (Å²) in [6.07, 6.45) is 6.10. The maximum Gasteiger partial charge on any atom is 0.168 e. The van der Waals surface area contributed by atoms with Gasteiger partial charge in [-0.05, 0) is 26.2 Å². The lowest BCUT2D eigenvalue weighted by Crippen LogP contribution is -2.29. The highest BCUT2D eigenvalue weighted by Gasteiger charge is 2.42. The molecule has 1 saturated heterocycles. The molecule has 1 fully saturated rings. The Labute approximate surface area is 88.0 Å². The van der Waals surface area contributed by atoms with Crippen molar-refractivity contribution in [3.8, 4) is 0 Å². The normalized spacial score (nSPS) is 30.9. The predicted molar refractivity (Wildman–Crippen MR) is 58.3 cm³/mol. The van der Waals surface area contributed by atoms with E-state index in [2.05, 4.69) is 27.7 Å². The first-order valence-corrected chi connectivity index (χ1v) is 6.03. The Balaban J connectivity index is 2.49. The molecular weight excluding hydrogens is 176 g/mol. The summed E-state index contributed by atoms with van der Waals surface area (Å²) in [6, 6.07) is 0.